The predicted molar refractivity (Wildman–Crippen MR) is 48.3 cm³/mol. The molecule has 0 aliphatic carbocycles. The lowest BCUT2D eigenvalue weighted by Gasteiger charge is -2.06. The van der Waals surface area contributed by atoms with Gasteiger partial charge in [0, 0.05) is 16.9 Å². The molecule has 0 fully saturated rings. The zero-order valence-electron chi connectivity index (χ0n) is 5.87. The minimum atomic E-state index is -0.166. The molecule has 0 aromatic carbocycles. The number of amides is 1. The normalized spacial score (nSPS) is 9.73. The van der Waals surface area contributed by atoms with Crippen molar-refractivity contribution in [2.24, 2.45) is 5.84 Å². The standard InChI is InChI=1S/C6H7BrN2OS/c1-9(8)6(10)5-2-4(7)3-11-5/h2-3H,8H2,1H3. The van der Waals surface area contributed by atoms with E-state index in [0.717, 1.165) is 9.48 Å². The molecular weight excluding hydrogens is 228 g/mol. The Hall–Kier alpha value is -0.390. The highest BCUT2D eigenvalue weighted by Gasteiger charge is 2.09. The molecule has 0 saturated carbocycles. The van der Waals surface area contributed by atoms with Crippen molar-refractivity contribution in [2.75, 3.05) is 7.05 Å². The van der Waals surface area contributed by atoms with Gasteiger partial charge < -0.3 is 0 Å². The van der Waals surface area contributed by atoms with E-state index in [-0.39, 0.29) is 5.91 Å². The van der Waals surface area contributed by atoms with Crippen molar-refractivity contribution in [3.63, 3.8) is 0 Å². The summed E-state index contributed by atoms with van der Waals surface area (Å²) in [6, 6.07) is 1.75. The first kappa shape index (κ1) is 8.70. The molecule has 0 saturated heterocycles. The maximum atomic E-state index is 11.1. The van der Waals surface area contributed by atoms with Crippen LogP contribution in [0.15, 0.2) is 15.9 Å². The zero-order valence-corrected chi connectivity index (χ0v) is 8.28. The smallest absolute Gasteiger partial charge is 0.277 e. The molecule has 0 aliphatic heterocycles. The van der Waals surface area contributed by atoms with Gasteiger partial charge in [-0.05, 0) is 22.0 Å². The first-order chi connectivity index (χ1) is 5.11. The fraction of sp³-hybridized carbons (Fsp3) is 0.167. The van der Waals surface area contributed by atoms with Crippen molar-refractivity contribution in [3.05, 3.63) is 20.8 Å². The number of nitrogens with two attached hydrogens (primary N) is 1. The molecule has 0 atom stereocenters. The van der Waals surface area contributed by atoms with Gasteiger partial charge in [0.15, 0.2) is 0 Å². The molecule has 5 heteroatoms. The third kappa shape index (κ3) is 2.02. The summed E-state index contributed by atoms with van der Waals surface area (Å²) in [4.78, 5) is 11.8. The van der Waals surface area contributed by atoms with Crippen LogP contribution in [0, 0.1) is 0 Å². The second-order valence-corrected chi connectivity index (χ2v) is 3.87. The van der Waals surface area contributed by atoms with Crippen molar-refractivity contribution in [2.45, 2.75) is 0 Å². The van der Waals surface area contributed by atoms with E-state index >= 15 is 0 Å². The summed E-state index contributed by atoms with van der Waals surface area (Å²) in [5.41, 5.74) is 0. The first-order valence-electron chi connectivity index (χ1n) is 2.88. The van der Waals surface area contributed by atoms with Crippen molar-refractivity contribution in [3.8, 4) is 0 Å². The fourth-order valence-electron chi connectivity index (χ4n) is 0.599. The first-order valence-corrected chi connectivity index (χ1v) is 4.55. The van der Waals surface area contributed by atoms with Crippen LogP contribution in [0.5, 0.6) is 0 Å². The van der Waals surface area contributed by atoms with Gasteiger partial charge in [-0.1, -0.05) is 0 Å². The fourth-order valence-corrected chi connectivity index (χ4v) is 2.01. The molecule has 0 aliphatic rings. The summed E-state index contributed by atoms with van der Waals surface area (Å²) in [6.45, 7) is 0. The highest BCUT2D eigenvalue weighted by Crippen LogP contribution is 2.20. The van der Waals surface area contributed by atoms with Gasteiger partial charge in [0.05, 0.1) is 4.88 Å². The van der Waals surface area contributed by atoms with Crippen LogP contribution in [0.1, 0.15) is 9.67 Å². The molecule has 11 heavy (non-hydrogen) atoms. The summed E-state index contributed by atoms with van der Waals surface area (Å²) in [7, 11) is 1.52. The van der Waals surface area contributed by atoms with Crippen LogP contribution >= 0.6 is 27.3 Å². The van der Waals surface area contributed by atoms with Gasteiger partial charge in [0.1, 0.15) is 0 Å². The number of rotatable bonds is 1. The lowest BCUT2D eigenvalue weighted by Crippen LogP contribution is -2.32. The maximum absolute atomic E-state index is 11.1. The summed E-state index contributed by atoms with van der Waals surface area (Å²) in [5.74, 6) is 5.09. The molecule has 60 valence electrons. The van der Waals surface area contributed by atoms with Crippen LogP contribution < -0.4 is 5.84 Å². The molecule has 1 aromatic rings. The molecule has 1 heterocycles. The quantitative estimate of drug-likeness (QED) is 0.455. The Morgan fingerprint density at radius 1 is 1.82 bits per heavy atom. The number of carbonyl (C=O) groups excluding carboxylic acids is 1. The van der Waals surface area contributed by atoms with E-state index in [0.29, 0.717) is 4.88 Å². The number of halogens is 1. The van der Waals surface area contributed by atoms with Crippen molar-refractivity contribution >= 4 is 33.2 Å². The summed E-state index contributed by atoms with van der Waals surface area (Å²) < 4.78 is 0.910. The van der Waals surface area contributed by atoms with Gasteiger partial charge >= 0.3 is 0 Å². The summed E-state index contributed by atoms with van der Waals surface area (Å²) in [5, 5.41) is 2.91. The Balaban J connectivity index is 2.85. The van der Waals surface area contributed by atoms with Crippen LogP contribution in [0.3, 0.4) is 0 Å². The number of hydrogen-bond donors (Lipinski definition) is 1. The minimum Gasteiger partial charge on any atom is -0.279 e. The van der Waals surface area contributed by atoms with Crippen LogP contribution in [0.25, 0.3) is 0 Å². The average molecular weight is 235 g/mol. The number of hydrazine groups is 1. The Kier molecular flexibility index (Phi) is 2.64. The lowest BCUT2D eigenvalue weighted by molar-refractivity contribution is 0.0800. The third-order valence-electron chi connectivity index (χ3n) is 1.10. The topological polar surface area (TPSA) is 46.3 Å². The van der Waals surface area contributed by atoms with Gasteiger partial charge in [0.25, 0.3) is 5.91 Å². The summed E-state index contributed by atoms with van der Waals surface area (Å²) >= 11 is 4.62. The highest BCUT2D eigenvalue weighted by atomic mass is 79.9. The van der Waals surface area contributed by atoms with E-state index in [9.17, 15) is 4.79 Å². The van der Waals surface area contributed by atoms with Crippen LogP contribution in [-0.2, 0) is 0 Å². The molecule has 0 unspecified atom stereocenters. The number of nitrogens with zero attached hydrogens (tertiary/aromatic N) is 1. The second-order valence-electron chi connectivity index (χ2n) is 2.05. The van der Waals surface area contributed by atoms with Gasteiger partial charge in [0.2, 0.25) is 0 Å². The number of carbonyl (C=O) groups is 1. The highest BCUT2D eigenvalue weighted by molar-refractivity contribution is 9.10. The summed E-state index contributed by atoms with van der Waals surface area (Å²) in [6.07, 6.45) is 0. The van der Waals surface area contributed by atoms with E-state index < -0.39 is 0 Å². The molecular formula is C6H7BrN2OS. The Labute approximate surface area is 76.9 Å². The Morgan fingerprint density at radius 2 is 2.45 bits per heavy atom. The molecule has 1 rings (SSSR count). The Morgan fingerprint density at radius 3 is 2.82 bits per heavy atom. The minimum absolute atomic E-state index is 0.166. The average Bonchev–Trinajstić information content (AvgIpc) is 2.34. The molecule has 0 radical (unpaired) electrons. The van der Waals surface area contributed by atoms with Crippen LogP contribution in [-0.4, -0.2) is 18.0 Å². The molecule has 0 bridgehead atoms. The second kappa shape index (κ2) is 3.34. The van der Waals surface area contributed by atoms with Crippen LogP contribution in [0.4, 0.5) is 0 Å². The van der Waals surface area contributed by atoms with Crippen LogP contribution in [0.2, 0.25) is 0 Å². The zero-order chi connectivity index (χ0) is 8.43. The van der Waals surface area contributed by atoms with Gasteiger partial charge in [-0.25, -0.2) is 5.84 Å². The van der Waals surface area contributed by atoms with E-state index in [1.807, 2.05) is 5.38 Å². The predicted octanol–water partition coefficient (Wildman–Crippen LogP) is 1.46. The third-order valence-corrected chi connectivity index (χ3v) is 2.78. The van der Waals surface area contributed by atoms with E-state index in [1.54, 1.807) is 6.07 Å². The number of hydrogen-bond acceptors (Lipinski definition) is 3. The molecule has 2 N–H and O–H groups in total. The SMILES string of the molecule is CN(N)C(=O)c1cc(Br)cs1. The monoisotopic (exact) mass is 234 g/mol. The number of thiophene rings is 1. The van der Waals surface area contributed by atoms with E-state index in [2.05, 4.69) is 15.9 Å². The van der Waals surface area contributed by atoms with E-state index in [4.69, 9.17) is 5.84 Å². The van der Waals surface area contributed by atoms with Gasteiger partial charge in [-0.3, -0.25) is 9.80 Å². The Bertz CT molecular complexity index is 271. The molecule has 1 aromatic heterocycles. The van der Waals surface area contributed by atoms with Crippen molar-refractivity contribution in [1.82, 2.24) is 5.01 Å². The maximum Gasteiger partial charge on any atom is 0.277 e. The molecule has 3 nitrogen and oxygen atoms in total. The van der Waals surface area contributed by atoms with Gasteiger partial charge in [-0.2, -0.15) is 0 Å². The van der Waals surface area contributed by atoms with E-state index in [1.165, 1.54) is 18.4 Å². The molecule has 0 spiro atoms. The largest absolute Gasteiger partial charge is 0.279 e. The van der Waals surface area contributed by atoms with Crippen molar-refractivity contribution < 1.29 is 4.79 Å². The van der Waals surface area contributed by atoms with Gasteiger partial charge in [-0.15, -0.1) is 11.3 Å². The lowest BCUT2D eigenvalue weighted by atomic mass is 10.4. The molecule has 1 amide bonds. The van der Waals surface area contributed by atoms with Crippen molar-refractivity contribution in [1.29, 1.82) is 0 Å².